The van der Waals surface area contributed by atoms with Crippen LogP contribution in [0.2, 0.25) is 5.02 Å². The summed E-state index contributed by atoms with van der Waals surface area (Å²) in [6, 6.07) is 3.36. The van der Waals surface area contributed by atoms with Crippen molar-refractivity contribution < 1.29 is 19.1 Å². The monoisotopic (exact) mass is 347 g/mol. The van der Waals surface area contributed by atoms with Crippen molar-refractivity contribution >= 4 is 23.3 Å². The van der Waals surface area contributed by atoms with Gasteiger partial charge in [-0.1, -0.05) is 17.5 Å². The van der Waals surface area contributed by atoms with E-state index in [1.807, 2.05) is 0 Å². The van der Waals surface area contributed by atoms with Crippen LogP contribution < -0.4 is 4.74 Å². The first-order valence-corrected chi connectivity index (χ1v) is 8.04. The number of likely N-dealkylation sites (N-methyl/N-ethyl adjacent to an activating group) is 1. The van der Waals surface area contributed by atoms with Crippen molar-refractivity contribution in [2.24, 2.45) is 0 Å². The van der Waals surface area contributed by atoms with E-state index in [0.717, 1.165) is 0 Å². The molecule has 2 aliphatic rings. The highest BCUT2D eigenvalue weighted by Gasteiger charge is 2.59. The Morgan fingerprint density at radius 1 is 1.42 bits per heavy atom. The van der Waals surface area contributed by atoms with Gasteiger partial charge in [0.2, 0.25) is 5.91 Å². The second kappa shape index (κ2) is 6.12. The first-order chi connectivity index (χ1) is 11.5. The molecule has 5 nitrogen and oxygen atoms in total. The third-order valence-corrected chi connectivity index (χ3v) is 5.12. The highest BCUT2D eigenvalue weighted by molar-refractivity contribution is 6.33. The van der Waals surface area contributed by atoms with Crippen molar-refractivity contribution in [1.29, 1.82) is 0 Å². The number of nitrogens with zero attached hydrogens (tertiary/aromatic N) is 1. The lowest BCUT2D eigenvalue weighted by Gasteiger charge is -2.27. The van der Waals surface area contributed by atoms with Crippen molar-refractivity contribution in [3.05, 3.63) is 28.3 Å². The molecule has 1 aromatic rings. The van der Waals surface area contributed by atoms with E-state index < -0.39 is 11.5 Å². The van der Waals surface area contributed by atoms with Gasteiger partial charge < -0.3 is 14.4 Å². The Kier molecular flexibility index (Phi) is 4.29. The molecule has 1 aromatic carbocycles. The Morgan fingerprint density at radius 2 is 2.17 bits per heavy atom. The molecule has 2 aliphatic heterocycles. The summed E-state index contributed by atoms with van der Waals surface area (Å²) in [7, 11) is 3.13. The topological polar surface area (TPSA) is 55.8 Å². The van der Waals surface area contributed by atoms with Crippen LogP contribution in [0.3, 0.4) is 0 Å². The normalized spacial score (nSPS) is 26.0. The molecule has 6 heteroatoms. The average Bonchev–Trinajstić information content (AvgIpc) is 3.11. The summed E-state index contributed by atoms with van der Waals surface area (Å²) in [5, 5.41) is 0.308. The first-order valence-electron chi connectivity index (χ1n) is 7.66. The molecule has 2 atom stereocenters. The minimum atomic E-state index is -0.970. The zero-order valence-electron chi connectivity index (χ0n) is 13.8. The van der Waals surface area contributed by atoms with Crippen molar-refractivity contribution in [3.8, 4) is 17.6 Å². The molecule has 126 valence electrons. The van der Waals surface area contributed by atoms with E-state index in [4.69, 9.17) is 21.1 Å². The smallest absolute Gasteiger partial charge is 0.238 e. The Hall–Kier alpha value is -2.03. The van der Waals surface area contributed by atoms with E-state index >= 15 is 0 Å². The van der Waals surface area contributed by atoms with Crippen LogP contribution in [0.15, 0.2) is 12.1 Å². The molecule has 2 heterocycles. The number of amides is 1. The summed E-state index contributed by atoms with van der Waals surface area (Å²) in [5.41, 5.74) is 0.192. The quantitative estimate of drug-likeness (QED) is 0.606. The van der Waals surface area contributed by atoms with Crippen LogP contribution in [0.4, 0.5) is 0 Å². The number of Topliss-reactive ketones (excluding diaryl/α,β-unsaturated/α-hetero) is 1. The van der Waals surface area contributed by atoms with Gasteiger partial charge in [0.15, 0.2) is 5.78 Å². The second-order valence-electron chi connectivity index (χ2n) is 5.98. The van der Waals surface area contributed by atoms with Crippen LogP contribution in [0.1, 0.15) is 30.4 Å². The average molecular weight is 348 g/mol. The summed E-state index contributed by atoms with van der Waals surface area (Å²) < 4.78 is 10.8. The SMILES string of the molecule is CC#Cc1cc(Cl)c(C2C(=O)N(C)C3(CCOC3)C2=O)c(OC)c1. The number of carbonyl (C=O) groups excluding carboxylic acids is 2. The number of ketones is 1. The van der Waals surface area contributed by atoms with Gasteiger partial charge in [-0.25, -0.2) is 0 Å². The molecule has 3 rings (SSSR count). The minimum Gasteiger partial charge on any atom is -0.496 e. The summed E-state index contributed by atoms with van der Waals surface area (Å²) >= 11 is 6.40. The molecule has 2 unspecified atom stereocenters. The van der Waals surface area contributed by atoms with Gasteiger partial charge >= 0.3 is 0 Å². The molecule has 1 spiro atoms. The van der Waals surface area contributed by atoms with Gasteiger partial charge in [-0.3, -0.25) is 9.59 Å². The first kappa shape index (κ1) is 16.8. The van der Waals surface area contributed by atoms with Crippen LogP contribution in [-0.4, -0.2) is 49.5 Å². The van der Waals surface area contributed by atoms with Gasteiger partial charge in [0.1, 0.15) is 17.2 Å². The molecular formula is C18H18ClNO4. The number of benzene rings is 1. The fourth-order valence-electron chi connectivity index (χ4n) is 3.48. The van der Waals surface area contributed by atoms with E-state index in [2.05, 4.69) is 11.8 Å². The predicted molar refractivity (Wildman–Crippen MR) is 89.2 cm³/mol. The highest BCUT2D eigenvalue weighted by Crippen LogP contribution is 2.45. The Bertz CT molecular complexity index is 771. The molecule has 2 fully saturated rings. The molecule has 2 saturated heterocycles. The zero-order chi connectivity index (χ0) is 17.5. The van der Waals surface area contributed by atoms with E-state index in [1.165, 1.54) is 12.0 Å². The van der Waals surface area contributed by atoms with Crippen molar-refractivity contribution in [3.63, 3.8) is 0 Å². The summed E-state index contributed by atoms with van der Waals surface area (Å²) in [6.45, 7) is 2.41. The molecule has 0 saturated carbocycles. The molecule has 1 amide bonds. The highest BCUT2D eigenvalue weighted by atomic mass is 35.5. The molecule has 24 heavy (non-hydrogen) atoms. The summed E-state index contributed by atoms with van der Waals surface area (Å²) in [6.07, 6.45) is 0.504. The van der Waals surface area contributed by atoms with E-state index in [-0.39, 0.29) is 18.3 Å². The molecular weight excluding hydrogens is 330 g/mol. The van der Waals surface area contributed by atoms with Gasteiger partial charge in [-0.05, 0) is 19.1 Å². The molecule has 0 aromatic heterocycles. The number of hydrogen-bond acceptors (Lipinski definition) is 4. The van der Waals surface area contributed by atoms with Crippen molar-refractivity contribution in [2.75, 3.05) is 27.4 Å². The number of likely N-dealkylation sites (tertiary alicyclic amines) is 1. The Balaban J connectivity index is 2.13. The lowest BCUT2D eigenvalue weighted by Crippen LogP contribution is -2.48. The number of methoxy groups -OCH3 is 1. The lowest BCUT2D eigenvalue weighted by molar-refractivity contribution is -0.131. The fourth-order valence-corrected chi connectivity index (χ4v) is 3.80. The predicted octanol–water partition coefficient (Wildman–Crippen LogP) is 2.00. The fraction of sp³-hybridized carbons (Fsp3) is 0.444. The number of halogens is 1. The maximum absolute atomic E-state index is 13.1. The van der Waals surface area contributed by atoms with Crippen molar-refractivity contribution in [1.82, 2.24) is 4.90 Å². The van der Waals surface area contributed by atoms with Crippen LogP contribution in [0.5, 0.6) is 5.75 Å². The summed E-state index contributed by atoms with van der Waals surface area (Å²) in [4.78, 5) is 27.4. The van der Waals surface area contributed by atoms with Gasteiger partial charge in [0, 0.05) is 36.2 Å². The maximum Gasteiger partial charge on any atom is 0.238 e. The Labute approximate surface area is 145 Å². The van der Waals surface area contributed by atoms with Gasteiger partial charge in [-0.15, -0.1) is 5.92 Å². The number of carbonyl (C=O) groups is 2. The number of rotatable bonds is 2. The number of ether oxygens (including phenoxy) is 2. The molecule has 0 radical (unpaired) electrons. The molecule has 0 bridgehead atoms. The third-order valence-electron chi connectivity index (χ3n) is 4.81. The minimum absolute atomic E-state index is 0.179. The standard InChI is InChI=1S/C18H18ClNO4/c1-4-5-11-8-12(19)14(13(9-11)23-3)15-16(21)18(6-7-24-10-18)20(2)17(15)22/h8-9,15H,6-7,10H2,1-3H3. The maximum atomic E-state index is 13.1. The lowest BCUT2D eigenvalue weighted by atomic mass is 9.85. The van der Waals surface area contributed by atoms with E-state index in [1.54, 1.807) is 26.1 Å². The van der Waals surface area contributed by atoms with Gasteiger partial charge in [0.05, 0.1) is 13.7 Å². The largest absolute Gasteiger partial charge is 0.496 e. The zero-order valence-corrected chi connectivity index (χ0v) is 14.6. The second-order valence-corrected chi connectivity index (χ2v) is 6.38. The van der Waals surface area contributed by atoms with E-state index in [9.17, 15) is 9.59 Å². The molecule has 0 N–H and O–H groups in total. The molecule has 0 aliphatic carbocycles. The van der Waals surface area contributed by atoms with Gasteiger partial charge in [0.25, 0.3) is 0 Å². The van der Waals surface area contributed by atoms with Gasteiger partial charge in [-0.2, -0.15) is 0 Å². The van der Waals surface area contributed by atoms with Crippen LogP contribution in [0.25, 0.3) is 0 Å². The van der Waals surface area contributed by atoms with Crippen LogP contribution >= 0.6 is 11.6 Å². The third kappa shape index (κ3) is 2.29. The van der Waals surface area contributed by atoms with Crippen molar-refractivity contribution in [2.45, 2.75) is 24.8 Å². The number of hydrogen-bond donors (Lipinski definition) is 0. The summed E-state index contributed by atoms with van der Waals surface area (Å²) in [5.74, 6) is 4.67. The van der Waals surface area contributed by atoms with Crippen LogP contribution in [-0.2, 0) is 14.3 Å². The Morgan fingerprint density at radius 3 is 2.75 bits per heavy atom. The van der Waals surface area contributed by atoms with Crippen LogP contribution in [0, 0.1) is 11.8 Å². The van der Waals surface area contributed by atoms with E-state index in [0.29, 0.717) is 34.9 Å².